The van der Waals surface area contributed by atoms with Crippen LogP contribution in [0.3, 0.4) is 0 Å². The fourth-order valence-corrected chi connectivity index (χ4v) is 5.25. The number of nitrogens with one attached hydrogen (secondary N) is 1. The zero-order chi connectivity index (χ0) is 24.1. The van der Waals surface area contributed by atoms with Crippen molar-refractivity contribution in [3.8, 4) is 17.1 Å². The largest absolute Gasteiger partial charge is 0.489 e. The first kappa shape index (κ1) is 23.8. The van der Waals surface area contributed by atoms with Gasteiger partial charge in [0, 0.05) is 18.7 Å². The van der Waals surface area contributed by atoms with E-state index in [0.29, 0.717) is 24.7 Å². The molecular formula is C23H28N6O4S. The number of rotatable bonds is 8. The molecule has 180 valence electrons. The SMILES string of the molecule is CC(C)Oc1ccc(S(=O)(=O)N2CCCCC2)cc1NC(=O)Cn1nnc(-c2ccccc2)n1. The highest BCUT2D eigenvalue weighted by atomic mass is 32.2. The molecule has 0 saturated carbocycles. The van der Waals surface area contributed by atoms with Gasteiger partial charge in [0.2, 0.25) is 21.8 Å². The van der Waals surface area contributed by atoms with Crippen molar-refractivity contribution in [1.82, 2.24) is 24.5 Å². The average Bonchev–Trinajstić information content (AvgIpc) is 3.29. The molecule has 1 amide bonds. The van der Waals surface area contributed by atoms with E-state index in [1.165, 1.54) is 21.2 Å². The number of carbonyl (C=O) groups excluding carboxylic acids is 1. The summed E-state index contributed by atoms with van der Waals surface area (Å²) in [5.41, 5.74) is 1.07. The molecule has 3 aromatic rings. The van der Waals surface area contributed by atoms with Crippen LogP contribution in [0.4, 0.5) is 5.69 Å². The van der Waals surface area contributed by atoms with Crippen LogP contribution in [0.15, 0.2) is 53.4 Å². The van der Waals surface area contributed by atoms with Crippen LogP contribution in [0.25, 0.3) is 11.4 Å². The molecule has 0 radical (unpaired) electrons. The maximum absolute atomic E-state index is 13.1. The number of amides is 1. The number of nitrogens with zero attached hydrogens (tertiary/aromatic N) is 5. The number of anilines is 1. The number of hydrogen-bond donors (Lipinski definition) is 1. The molecule has 0 atom stereocenters. The van der Waals surface area contributed by atoms with Crippen molar-refractivity contribution in [3.05, 3.63) is 48.5 Å². The van der Waals surface area contributed by atoms with Crippen molar-refractivity contribution in [3.63, 3.8) is 0 Å². The van der Waals surface area contributed by atoms with Gasteiger partial charge in [-0.1, -0.05) is 36.8 Å². The minimum Gasteiger partial charge on any atom is -0.489 e. The van der Waals surface area contributed by atoms with Gasteiger partial charge in [0.15, 0.2) is 0 Å². The van der Waals surface area contributed by atoms with Crippen molar-refractivity contribution in [1.29, 1.82) is 0 Å². The van der Waals surface area contributed by atoms with E-state index in [0.717, 1.165) is 24.8 Å². The van der Waals surface area contributed by atoms with E-state index in [1.54, 1.807) is 6.07 Å². The second-order valence-corrected chi connectivity index (χ2v) is 10.3. The molecule has 1 aliphatic rings. The highest BCUT2D eigenvalue weighted by molar-refractivity contribution is 7.89. The molecule has 0 aliphatic carbocycles. The van der Waals surface area contributed by atoms with Crippen molar-refractivity contribution in [2.24, 2.45) is 0 Å². The van der Waals surface area contributed by atoms with Gasteiger partial charge < -0.3 is 10.1 Å². The first-order chi connectivity index (χ1) is 16.3. The number of carbonyl (C=O) groups is 1. The summed E-state index contributed by atoms with van der Waals surface area (Å²) in [6, 6.07) is 13.9. The first-order valence-electron chi connectivity index (χ1n) is 11.3. The summed E-state index contributed by atoms with van der Waals surface area (Å²) in [4.78, 5) is 14.1. The van der Waals surface area contributed by atoms with Gasteiger partial charge in [-0.3, -0.25) is 4.79 Å². The Balaban J connectivity index is 1.54. The van der Waals surface area contributed by atoms with E-state index in [1.807, 2.05) is 44.2 Å². The van der Waals surface area contributed by atoms with Gasteiger partial charge in [0.05, 0.1) is 16.7 Å². The molecule has 10 nitrogen and oxygen atoms in total. The zero-order valence-electron chi connectivity index (χ0n) is 19.2. The summed E-state index contributed by atoms with van der Waals surface area (Å²) >= 11 is 0. The number of benzene rings is 2. The highest BCUT2D eigenvalue weighted by Gasteiger charge is 2.27. The lowest BCUT2D eigenvalue weighted by molar-refractivity contribution is -0.117. The molecule has 4 rings (SSSR count). The fraction of sp³-hybridized carbons (Fsp3) is 0.391. The molecule has 1 fully saturated rings. The third-order valence-electron chi connectivity index (χ3n) is 5.31. The van der Waals surface area contributed by atoms with E-state index in [4.69, 9.17) is 4.74 Å². The highest BCUT2D eigenvalue weighted by Crippen LogP contribution is 2.31. The summed E-state index contributed by atoms with van der Waals surface area (Å²) in [5, 5.41) is 14.9. The third kappa shape index (κ3) is 5.60. The second kappa shape index (κ2) is 10.3. The van der Waals surface area contributed by atoms with Crippen molar-refractivity contribution < 1.29 is 17.9 Å². The van der Waals surface area contributed by atoms with Gasteiger partial charge in [-0.05, 0) is 50.1 Å². The number of piperidine rings is 1. The molecule has 2 heterocycles. The number of tetrazole rings is 1. The summed E-state index contributed by atoms with van der Waals surface area (Å²) in [5.74, 6) is 0.363. The van der Waals surface area contributed by atoms with Crippen LogP contribution in [-0.2, 0) is 21.4 Å². The van der Waals surface area contributed by atoms with Crippen molar-refractivity contribution >= 4 is 21.6 Å². The summed E-state index contributed by atoms with van der Waals surface area (Å²) in [6.45, 7) is 4.51. The summed E-state index contributed by atoms with van der Waals surface area (Å²) in [7, 11) is -3.67. The molecule has 1 saturated heterocycles. The minimum atomic E-state index is -3.67. The Morgan fingerprint density at radius 3 is 2.53 bits per heavy atom. The quantitative estimate of drug-likeness (QED) is 0.522. The fourth-order valence-electron chi connectivity index (χ4n) is 3.71. The predicted molar refractivity (Wildman–Crippen MR) is 127 cm³/mol. The predicted octanol–water partition coefficient (Wildman–Crippen LogP) is 2.94. The Labute approximate surface area is 199 Å². The smallest absolute Gasteiger partial charge is 0.248 e. The average molecular weight is 485 g/mol. The van der Waals surface area contributed by atoms with Gasteiger partial charge in [-0.15, -0.1) is 10.2 Å². The molecule has 2 aromatic carbocycles. The molecule has 0 spiro atoms. The summed E-state index contributed by atoms with van der Waals surface area (Å²) < 4.78 is 33.5. The van der Waals surface area contributed by atoms with Crippen molar-refractivity contribution in [2.75, 3.05) is 18.4 Å². The molecule has 0 bridgehead atoms. The topological polar surface area (TPSA) is 119 Å². The van der Waals surface area contributed by atoms with Crippen LogP contribution < -0.4 is 10.1 Å². The Morgan fingerprint density at radius 2 is 1.82 bits per heavy atom. The maximum Gasteiger partial charge on any atom is 0.248 e. The third-order valence-corrected chi connectivity index (χ3v) is 7.21. The Hall–Kier alpha value is -3.31. The van der Waals surface area contributed by atoms with Crippen LogP contribution in [-0.4, -0.2) is 58.0 Å². The van der Waals surface area contributed by atoms with E-state index in [9.17, 15) is 13.2 Å². The lowest BCUT2D eigenvalue weighted by atomic mass is 10.2. The van der Waals surface area contributed by atoms with Crippen LogP contribution in [0.5, 0.6) is 5.75 Å². The Bertz CT molecular complexity index is 1240. The molecule has 1 N–H and O–H groups in total. The second-order valence-electron chi connectivity index (χ2n) is 8.35. The van der Waals surface area contributed by atoms with Gasteiger partial charge in [-0.2, -0.15) is 9.10 Å². The van der Waals surface area contributed by atoms with Crippen LogP contribution >= 0.6 is 0 Å². The van der Waals surface area contributed by atoms with Gasteiger partial charge in [0.1, 0.15) is 12.3 Å². The monoisotopic (exact) mass is 484 g/mol. The van der Waals surface area contributed by atoms with Gasteiger partial charge in [-0.25, -0.2) is 8.42 Å². The lowest BCUT2D eigenvalue weighted by Crippen LogP contribution is -2.35. The summed E-state index contributed by atoms with van der Waals surface area (Å²) in [6.07, 6.45) is 2.54. The van der Waals surface area contributed by atoms with Gasteiger partial charge in [0.25, 0.3) is 0 Å². The van der Waals surface area contributed by atoms with E-state index in [-0.39, 0.29) is 23.2 Å². The van der Waals surface area contributed by atoms with E-state index < -0.39 is 15.9 Å². The molecule has 1 aromatic heterocycles. The van der Waals surface area contributed by atoms with E-state index >= 15 is 0 Å². The molecule has 0 unspecified atom stereocenters. The van der Waals surface area contributed by atoms with Crippen LogP contribution in [0.2, 0.25) is 0 Å². The number of ether oxygens (including phenoxy) is 1. The normalized spacial score (nSPS) is 14.8. The first-order valence-corrected chi connectivity index (χ1v) is 12.7. The number of aromatic nitrogens is 4. The molecule has 11 heteroatoms. The number of sulfonamides is 1. The maximum atomic E-state index is 13.1. The van der Waals surface area contributed by atoms with Gasteiger partial charge >= 0.3 is 0 Å². The van der Waals surface area contributed by atoms with Crippen LogP contribution in [0, 0.1) is 0 Å². The molecular weight excluding hydrogens is 456 g/mol. The molecule has 1 aliphatic heterocycles. The standard InChI is InChI=1S/C23H28N6O4S/c1-17(2)33-21-12-11-19(34(31,32)28-13-7-4-8-14-28)15-20(21)24-22(30)16-29-26-23(25-27-29)18-9-5-3-6-10-18/h3,5-6,9-12,15,17H,4,7-8,13-14,16H2,1-2H3,(H,24,30). The Kier molecular flexibility index (Phi) is 7.23. The Morgan fingerprint density at radius 1 is 1.09 bits per heavy atom. The molecule has 34 heavy (non-hydrogen) atoms. The zero-order valence-corrected chi connectivity index (χ0v) is 20.0. The van der Waals surface area contributed by atoms with E-state index in [2.05, 4.69) is 20.7 Å². The van der Waals surface area contributed by atoms with Crippen LogP contribution in [0.1, 0.15) is 33.1 Å². The lowest BCUT2D eigenvalue weighted by Gasteiger charge is -2.26. The van der Waals surface area contributed by atoms with Crippen molar-refractivity contribution in [2.45, 2.75) is 50.7 Å². The minimum absolute atomic E-state index is 0.117. The number of hydrogen-bond acceptors (Lipinski definition) is 7.